The third-order valence-corrected chi connectivity index (χ3v) is 4.34. The van der Waals surface area contributed by atoms with Gasteiger partial charge in [-0.25, -0.2) is 0 Å². The molecule has 0 radical (unpaired) electrons. The van der Waals surface area contributed by atoms with Gasteiger partial charge in [-0.15, -0.1) is 0 Å². The molecule has 0 aliphatic heterocycles. The lowest BCUT2D eigenvalue weighted by molar-refractivity contribution is -0.142. The Bertz CT molecular complexity index is 263. The number of unbranched alkanes of at least 4 members (excludes halogenated alkanes) is 3. The van der Waals surface area contributed by atoms with Gasteiger partial charge in [-0.05, 0) is 19.3 Å². The van der Waals surface area contributed by atoms with Gasteiger partial charge in [0.15, 0.2) is 0 Å². The van der Waals surface area contributed by atoms with Crippen LogP contribution in [0.2, 0.25) is 0 Å². The van der Waals surface area contributed by atoms with E-state index in [1.165, 1.54) is 12.8 Å². The van der Waals surface area contributed by atoms with Crippen molar-refractivity contribution >= 4 is 5.91 Å². The van der Waals surface area contributed by atoms with Gasteiger partial charge < -0.3 is 15.7 Å². The summed E-state index contributed by atoms with van der Waals surface area (Å²) in [5.41, 5.74) is 5.54. The molecular formula is C15H30N2O2. The van der Waals surface area contributed by atoms with Crippen LogP contribution >= 0.6 is 0 Å². The number of rotatable bonds is 9. The Hall–Kier alpha value is -0.610. The minimum atomic E-state index is -0.333. The van der Waals surface area contributed by atoms with Gasteiger partial charge >= 0.3 is 0 Å². The highest BCUT2D eigenvalue weighted by molar-refractivity contribution is 5.83. The number of carbonyl (C=O) groups is 1. The SMILES string of the molecule is CCCCCCN(CCO)C(=O)C1(CN)CCCC1. The molecule has 4 nitrogen and oxygen atoms in total. The Kier molecular flexibility index (Phi) is 7.39. The summed E-state index contributed by atoms with van der Waals surface area (Å²) in [6.07, 6.45) is 8.63. The molecule has 0 heterocycles. The van der Waals surface area contributed by atoms with Gasteiger partial charge in [0.05, 0.1) is 12.0 Å². The Morgan fingerprint density at radius 1 is 1.21 bits per heavy atom. The number of nitrogens with two attached hydrogens (primary N) is 1. The van der Waals surface area contributed by atoms with Crippen molar-refractivity contribution in [1.29, 1.82) is 0 Å². The van der Waals surface area contributed by atoms with E-state index in [9.17, 15) is 4.79 Å². The Morgan fingerprint density at radius 3 is 2.42 bits per heavy atom. The fraction of sp³-hybridized carbons (Fsp3) is 0.933. The molecule has 4 heteroatoms. The summed E-state index contributed by atoms with van der Waals surface area (Å²) in [4.78, 5) is 14.5. The Balaban J connectivity index is 2.55. The average Bonchev–Trinajstić information content (AvgIpc) is 2.91. The Morgan fingerprint density at radius 2 is 1.89 bits per heavy atom. The molecular weight excluding hydrogens is 240 g/mol. The van der Waals surface area contributed by atoms with E-state index in [-0.39, 0.29) is 17.9 Å². The first-order valence-corrected chi connectivity index (χ1v) is 7.80. The fourth-order valence-corrected chi connectivity index (χ4v) is 3.06. The van der Waals surface area contributed by atoms with Gasteiger partial charge in [0.1, 0.15) is 0 Å². The number of amides is 1. The maximum absolute atomic E-state index is 12.7. The number of aliphatic hydroxyl groups is 1. The highest BCUT2D eigenvalue weighted by atomic mass is 16.3. The first kappa shape index (κ1) is 16.4. The smallest absolute Gasteiger partial charge is 0.230 e. The second-order valence-electron chi connectivity index (χ2n) is 5.77. The highest BCUT2D eigenvalue weighted by Gasteiger charge is 2.41. The van der Waals surface area contributed by atoms with E-state index in [0.29, 0.717) is 13.1 Å². The number of aliphatic hydroxyl groups excluding tert-OH is 1. The third kappa shape index (κ3) is 4.46. The monoisotopic (exact) mass is 270 g/mol. The van der Waals surface area contributed by atoms with E-state index in [0.717, 1.165) is 45.1 Å². The van der Waals surface area contributed by atoms with E-state index in [2.05, 4.69) is 6.92 Å². The maximum Gasteiger partial charge on any atom is 0.230 e. The molecule has 19 heavy (non-hydrogen) atoms. The van der Waals surface area contributed by atoms with Crippen LogP contribution in [0.15, 0.2) is 0 Å². The third-order valence-electron chi connectivity index (χ3n) is 4.34. The standard InChI is InChI=1S/C15H30N2O2/c1-2-3-4-7-10-17(11-12-18)14(19)15(13-16)8-5-6-9-15/h18H,2-13,16H2,1H3. The molecule has 0 bridgehead atoms. The molecule has 1 fully saturated rings. The number of hydrogen-bond donors (Lipinski definition) is 2. The van der Waals surface area contributed by atoms with Crippen molar-refractivity contribution in [3.05, 3.63) is 0 Å². The Labute approximate surface area is 117 Å². The minimum Gasteiger partial charge on any atom is -0.395 e. The number of hydrogen-bond acceptors (Lipinski definition) is 3. The lowest BCUT2D eigenvalue weighted by Gasteiger charge is -2.33. The molecule has 0 saturated heterocycles. The maximum atomic E-state index is 12.7. The average molecular weight is 270 g/mol. The van der Waals surface area contributed by atoms with Crippen molar-refractivity contribution in [2.45, 2.75) is 58.3 Å². The molecule has 0 spiro atoms. The summed E-state index contributed by atoms with van der Waals surface area (Å²) in [5.74, 6) is 0.179. The summed E-state index contributed by atoms with van der Waals surface area (Å²) in [5, 5.41) is 9.16. The summed E-state index contributed by atoms with van der Waals surface area (Å²) < 4.78 is 0. The second-order valence-corrected chi connectivity index (χ2v) is 5.77. The van der Waals surface area contributed by atoms with E-state index in [1.54, 1.807) is 0 Å². The second kappa shape index (κ2) is 8.54. The lowest BCUT2D eigenvalue weighted by atomic mass is 9.84. The van der Waals surface area contributed by atoms with Crippen LogP contribution in [0.25, 0.3) is 0 Å². The molecule has 0 atom stereocenters. The molecule has 112 valence electrons. The fourth-order valence-electron chi connectivity index (χ4n) is 3.06. The highest BCUT2D eigenvalue weighted by Crippen LogP contribution is 2.38. The van der Waals surface area contributed by atoms with Gasteiger partial charge in [0.2, 0.25) is 5.91 Å². The van der Waals surface area contributed by atoms with E-state index >= 15 is 0 Å². The van der Waals surface area contributed by atoms with Crippen molar-refractivity contribution in [3.63, 3.8) is 0 Å². The normalized spacial score (nSPS) is 17.6. The lowest BCUT2D eigenvalue weighted by Crippen LogP contribution is -2.48. The zero-order chi connectivity index (χ0) is 14.1. The predicted octanol–water partition coefficient (Wildman–Crippen LogP) is 1.91. The van der Waals surface area contributed by atoms with Crippen LogP contribution in [-0.4, -0.2) is 42.2 Å². The number of carbonyl (C=O) groups excluding carboxylic acids is 1. The zero-order valence-electron chi connectivity index (χ0n) is 12.4. The zero-order valence-corrected chi connectivity index (χ0v) is 12.4. The quantitative estimate of drug-likeness (QED) is 0.629. The topological polar surface area (TPSA) is 66.6 Å². The van der Waals surface area contributed by atoms with E-state index < -0.39 is 0 Å². The summed E-state index contributed by atoms with van der Waals surface area (Å²) >= 11 is 0. The van der Waals surface area contributed by atoms with E-state index in [4.69, 9.17) is 10.8 Å². The van der Waals surface area contributed by atoms with Crippen molar-refractivity contribution in [1.82, 2.24) is 4.90 Å². The molecule has 0 aromatic rings. The van der Waals surface area contributed by atoms with Crippen LogP contribution in [0.1, 0.15) is 58.3 Å². The predicted molar refractivity (Wildman–Crippen MR) is 77.8 cm³/mol. The van der Waals surface area contributed by atoms with Crippen molar-refractivity contribution in [2.24, 2.45) is 11.1 Å². The molecule has 0 unspecified atom stereocenters. The molecule has 1 aliphatic rings. The van der Waals surface area contributed by atoms with Crippen molar-refractivity contribution in [3.8, 4) is 0 Å². The van der Waals surface area contributed by atoms with Crippen molar-refractivity contribution in [2.75, 3.05) is 26.2 Å². The summed E-state index contributed by atoms with van der Waals surface area (Å²) in [6.45, 7) is 3.88. The molecule has 1 amide bonds. The van der Waals surface area contributed by atoms with Crippen LogP contribution in [-0.2, 0) is 4.79 Å². The van der Waals surface area contributed by atoms with Crippen LogP contribution in [0.4, 0.5) is 0 Å². The molecule has 1 saturated carbocycles. The molecule has 1 rings (SSSR count). The molecule has 3 N–H and O–H groups in total. The van der Waals surface area contributed by atoms with Gasteiger partial charge in [0.25, 0.3) is 0 Å². The van der Waals surface area contributed by atoms with Gasteiger partial charge in [-0.2, -0.15) is 0 Å². The van der Waals surface area contributed by atoms with Crippen LogP contribution in [0.5, 0.6) is 0 Å². The van der Waals surface area contributed by atoms with Gasteiger partial charge in [-0.3, -0.25) is 4.79 Å². The van der Waals surface area contributed by atoms with Crippen LogP contribution in [0, 0.1) is 5.41 Å². The van der Waals surface area contributed by atoms with Crippen LogP contribution in [0.3, 0.4) is 0 Å². The molecule has 0 aromatic heterocycles. The molecule has 0 aromatic carbocycles. The van der Waals surface area contributed by atoms with E-state index in [1.807, 2.05) is 4.90 Å². The van der Waals surface area contributed by atoms with Crippen molar-refractivity contribution < 1.29 is 9.90 Å². The van der Waals surface area contributed by atoms with Crippen LogP contribution < -0.4 is 5.73 Å². The van der Waals surface area contributed by atoms with Gasteiger partial charge in [0, 0.05) is 19.6 Å². The summed E-state index contributed by atoms with van der Waals surface area (Å²) in [7, 11) is 0. The number of nitrogens with zero attached hydrogens (tertiary/aromatic N) is 1. The first-order chi connectivity index (χ1) is 9.20. The first-order valence-electron chi connectivity index (χ1n) is 7.80. The minimum absolute atomic E-state index is 0.0418. The summed E-state index contributed by atoms with van der Waals surface area (Å²) in [6, 6.07) is 0. The van der Waals surface area contributed by atoms with Gasteiger partial charge in [-0.1, -0.05) is 39.0 Å². The largest absolute Gasteiger partial charge is 0.395 e. The molecule has 1 aliphatic carbocycles.